The van der Waals surface area contributed by atoms with Crippen LogP contribution in [-0.4, -0.2) is 35.5 Å². The standard InChI is InChI=1S/C13H17N3O/c1-9-7-17-8-10(2)16(9)13-11-5-3-4-6-12(11)14-15-13/h3-6,9-10H,7-8H2,1-2H3,(H,14,15). The van der Waals surface area contributed by atoms with Crippen molar-refractivity contribution in [3.8, 4) is 0 Å². The summed E-state index contributed by atoms with van der Waals surface area (Å²) in [6.45, 7) is 5.90. The average molecular weight is 231 g/mol. The first-order chi connectivity index (χ1) is 8.27. The van der Waals surface area contributed by atoms with Gasteiger partial charge in [-0.1, -0.05) is 12.1 Å². The van der Waals surface area contributed by atoms with E-state index in [1.807, 2.05) is 6.07 Å². The third kappa shape index (κ3) is 1.69. The summed E-state index contributed by atoms with van der Waals surface area (Å²) < 4.78 is 5.55. The molecule has 0 amide bonds. The summed E-state index contributed by atoms with van der Waals surface area (Å²) >= 11 is 0. The maximum Gasteiger partial charge on any atom is 0.158 e. The molecule has 2 atom stereocenters. The fourth-order valence-corrected chi connectivity index (χ4v) is 2.57. The molecule has 4 nitrogen and oxygen atoms in total. The van der Waals surface area contributed by atoms with Crippen molar-refractivity contribution in [2.75, 3.05) is 18.1 Å². The normalized spacial score (nSPS) is 25.4. The van der Waals surface area contributed by atoms with Crippen LogP contribution in [-0.2, 0) is 4.74 Å². The minimum absolute atomic E-state index is 0.366. The number of aromatic nitrogens is 2. The van der Waals surface area contributed by atoms with E-state index >= 15 is 0 Å². The van der Waals surface area contributed by atoms with E-state index in [2.05, 4.69) is 47.1 Å². The third-order valence-corrected chi connectivity index (χ3v) is 3.36. The first-order valence-electron chi connectivity index (χ1n) is 6.06. The molecule has 2 aromatic rings. The van der Waals surface area contributed by atoms with Crippen LogP contribution in [0.3, 0.4) is 0 Å². The van der Waals surface area contributed by atoms with Crippen LogP contribution < -0.4 is 4.90 Å². The number of hydrogen-bond donors (Lipinski definition) is 1. The molecule has 0 radical (unpaired) electrons. The molecule has 0 spiro atoms. The van der Waals surface area contributed by atoms with Crippen molar-refractivity contribution in [1.29, 1.82) is 0 Å². The van der Waals surface area contributed by atoms with Gasteiger partial charge in [-0.05, 0) is 26.0 Å². The Balaban J connectivity index is 2.07. The number of morpholine rings is 1. The number of anilines is 1. The smallest absolute Gasteiger partial charge is 0.158 e. The molecular weight excluding hydrogens is 214 g/mol. The van der Waals surface area contributed by atoms with Crippen LogP contribution in [0.4, 0.5) is 5.82 Å². The highest BCUT2D eigenvalue weighted by Gasteiger charge is 2.28. The molecule has 0 bridgehead atoms. The Morgan fingerprint density at radius 2 is 1.94 bits per heavy atom. The third-order valence-electron chi connectivity index (χ3n) is 3.36. The summed E-state index contributed by atoms with van der Waals surface area (Å²) in [7, 11) is 0. The predicted molar refractivity (Wildman–Crippen MR) is 68.3 cm³/mol. The molecule has 2 heterocycles. The Morgan fingerprint density at radius 3 is 2.71 bits per heavy atom. The molecule has 4 heteroatoms. The zero-order chi connectivity index (χ0) is 11.8. The highest BCUT2D eigenvalue weighted by molar-refractivity contribution is 5.90. The van der Waals surface area contributed by atoms with Crippen LogP contribution in [0.25, 0.3) is 10.9 Å². The first-order valence-corrected chi connectivity index (χ1v) is 6.06. The van der Waals surface area contributed by atoms with Crippen molar-refractivity contribution in [2.45, 2.75) is 25.9 Å². The van der Waals surface area contributed by atoms with Gasteiger partial charge in [0.1, 0.15) is 0 Å². The molecule has 1 aromatic heterocycles. The van der Waals surface area contributed by atoms with Crippen LogP contribution in [0.1, 0.15) is 13.8 Å². The highest BCUT2D eigenvalue weighted by Crippen LogP contribution is 2.28. The van der Waals surface area contributed by atoms with E-state index in [9.17, 15) is 0 Å². The lowest BCUT2D eigenvalue weighted by atomic mass is 10.1. The van der Waals surface area contributed by atoms with Crippen LogP contribution in [0, 0.1) is 0 Å². The number of fused-ring (bicyclic) bond motifs is 1. The van der Waals surface area contributed by atoms with Gasteiger partial charge >= 0.3 is 0 Å². The van der Waals surface area contributed by atoms with E-state index in [-0.39, 0.29) is 0 Å². The fraction of sp³-hybridized carbons (Fsp3) is 0.462. The lowest BCUT2D eigenvalue weighted by molar-refractivity contribution is 0.0753. The number of para-hydroxylation sites is 1. The number of H-pyrrole nitrogens is 1. The maximum absolute atomic E-state index is 5.55. The van der Waals surface area contributed by atoms with Gasteiger partial charge in [0.25, 0.3) is 0 Å². The minimum Gasteiger partial charge on any atom is -0.377 e. The molecule has 2 unspecified atom stereocenters. The Labute approximate surface area is 101 Å². The Kier molecular flexibility index (Phi) is 2.52. The Morgan fingerprint density at radius 1 is 1.24 bits per heavy atom. The first kappa shape index (κ1) is 10.6. The Bertz CT molecular complexity index is 512. The molecule has 1 aromatic carbocycles. The van der Waals surface area contributed by atoms with E-state index in [0.717, 1.165) is 24.5 Å². The van der Waals surface area contributed by atoms with Crippen molar-refractivity contribution in [3.63, 3.8) is 0 Å². The van der Waals surface area contributed by atoms with Crippen molar-refractivity contribution >= 4 is 16.7 Å². The zero-order valence-electron chi connectivity index (χ0n) is 10.2. The number of ether oxygens (including phenoxy) is 1. The highest BCUT2D eigenvalue weighted by atomic mass is 16.5. The molecule has 3 rings (SSSR count). The van der Waals surface area contributed by atoms with Crippen molar-refractivity contribution in [1.82, 2.24) is 10.2 Å². The summed E-state index contributed by atoms with van der Waals surface area (Å²) in [6, 6.07) is 8.98. The molecule has 1 fully saturated rings. The molecule has 0 saturated carbocycles. The van der Waals surface area contributed by atoms with E-state index in [1.165, 1.54) is 5.39 Å². The Hall–Kier alpha value is -1.55. The van der Waals surface area contributed by atoms with Gasteiger partial charge in [0.15, 0.2) is 5.82 Å². The fourth-order valence-electron chi connectivity index (χ4n) is 2.57. The quantitative estimate of drug-likeness (QED) is 0.817. The van der Waals surface area contributed by atoms with Gasteiger partial charge in [0.2, 0.25) is 0 Å². The van der Waals surface area contributed by atoms with Crippen molar-refractivity contribution in [2.24, 2.45) is 0 Å². The molecular formula is C13H17N3O. The van der Waals surface area contributed by atoms with Crippen molar-refractivity contribution in [3.05, 3.63) is 24.3 Å². The topological polar surface area (TPSA) is 41.1 Å². The van der Waals surface area contributed by atoms with E-state index in [1.54, 1.807) is 0 Å². The van der Waals surface area contributed by atoms with E-state index in [4.69, 9.17) is 4.74 Å². The molecule has 17 heavy (non-hydrogen) atoms. The van der Waals surface area contributed by atoms with Crippen LogP contribution in [0.15, 0.2) is 24.3 Å². The number of aromatic amines is 1. The van der Waals surface area contributed by atoms with E-state index < -0.39 is 0 Å². The lowest BCUT2D eigenvalue weighted by Gasteiger charge is -2.39. The SMILES string of the molecule is CC1COCC(C)N1c1n[nH]c2ccccc12. The summed E-state index contributed by atoms with van der Waals surface area (Å²) in [6.07, 6.45) is 0. The minimum atomic E-state index is 0.366. The number of nitrogens with one attached hydrogen (secondary N) is 1. The van der Waals surface area contributed by atoms with Crippen LogP contribution in [0.2, 0.25) is 0 Å². The van der Waals surface area contributed by atoms with Gasteiger partial charge in [0, 0.05) is 5.39 Å². The van der Waals surface area contributed by atoms with Gasteiger partial charge in [-0.2, -0.15) is 5.10 Å². The molecule has 1 N–H and O–H groups in total. The molecule has 1 saturated heterocycles. The van der Waals surface area contributed by atoms with Gasteiger partial charge < -0.3 is 9.64 Å². The van der Waals surface area contributed by atoms with Gasteiger partial charge in [-0.15, -0.1) is 0 Å². The van der Waals surface area contributed by atoms with Gasteiger partial charge in [0.05, 0.1) is 30.8 Å². The summed E-state index contributed by atoms with van der Waals surface area (Å²) in [4.78, 5) is 2.35. The second-order valence-electron chi connectivity index (χ2n) is 4.74. The second-order valence-corrected chi connectivity index (χ2v) is 4.74. The average Bonchev–Trinajstić information content (AvgIpc) is 2.73. The molecule has 90 valence electrons. The van der Waals surface area contributed by atoms with Crippen LogP contribution in [0.5, 0.6) is 0 Å². The largest absolute Gasteiger partial charge is 0.377 e. The number of benzene rings is 1. The lowest BCUT2D eigenvalue weighted by Crippen LogP contribution is -2.50. The summed E-state index contributed by atoms with van der Waals surface area (Å²) in [5.41, 5.74) is 1.09. The molecule has 1 aliphatic heterocycles. The second kappa shape index (κ2) is 4.04. The predicted octanol–water partition coefficient (Wildman–Crippen LogP) is 2.18. The van der Waals surface area contributed by atoms with Crippen molar-refractivity contribution < 1.29 is 4.74 Å². The molecule has 1 aliphatic rings. The maximum atomic E-state index is 5.55. The van der Waals surface area contributed by atoms with E-state index in [0.29, 0.717) is 12.1 Å². The molecule has 0 aliphatic carbocycles. The number of rotatable bonds is 1. The summed E-state index contributed by atoms with van der Waals surface area (Å²) in [5.74, 6) is 1.05. The monoisotopic (exact) mass is 231 g/mol. The summed E-state index contributed by atoms with van der Waals surface area (Å²) in [5, 5.41) is 8.75. The number of nitrogens with zero attached hydrogens (tertiary/aromatic N) is 2. The van der Waals surface area contributed by atoms with Gasteiger partial charge in [-0.25, -0.2) is 0 Å². The van der Waals surface area contributed by atoms with Crippen LogP contribution >= 0.6 is 0 Å². The zero-order valence-corrected chi connectivity index (χ0v) is 10.2. The van der Waals surface area contributed by atoms with Gasteiger partial charge in [-0.3, -0.25) is 5.10 Å². The number of hydrogen-bond acceptors (Lipinski definition) is 3.